The molecule has 0 amide bonds. The zero-order valence-electron chi connectivity index (χ0n) is 15.2. The van der Waals surface area contributed by atoms with Crippen molar-refractivity contribution in [3.05, 3.63) is 67.1 Å². The Bertz CT molecular complexity index is 1220. The third-order valence-corrected chi connectivity index (χ3v) is 6.90. The van der Waals surface area contributed by atoms with Crippen LogP contribution in [0.15, 0.2) is 67.1 Å². The first-order valence-corrected chi connectivity index (χ1v) is 11.1. The van der Waals surface area contributed by atoms with Gasteiger partial charge in [-0.15, -0.1) is 0 Å². The maximum absolute atomic E-state index is 11.6. The van der Waals surface area contributed by atoms with E-state index in [4.69, 9.17) is 0 Å². The van der Waals surface area contributed by atoms with Crippen LogP contribution >= 0.6 is 0 Å². The van der Waals surface area contributed by atoms with Gasteiger partial charge in [0.1, 0.15) is 0 Å². The summed E-state index contributed by atoms with van der Waals surface area (Å²) in [5.41, 5.74) is 5.31. The first kappa shape index (κ1) is 17.1. The molecule has 2 aromatic carbocycles. The maximum atomic E-state index is 11.6. The van der Waals surface area contributed by atoms with E-state index in [0.717, 1.165) is 33.4 Å². The smallest absolute Gasteiger partial charge is 0.153 e. The molecule has 1 aliphatic rings. The fraction of sp³-hybridized carbons (Fsp3) is 0.190. The summed E-state index contributed by atoms with van der Waals surface area (Å²) in [7, 11) is -2.86. The number of nitrogens with zero attached hydrogens (tertiary/aromatic N) is 3. The van der Waals surface area contributed by atoms with Crippen LogP contribution in [0.1, 0.15) is 0 Å². The molecule has 0 saturated carbocycles. The number of hydrogen-bond donors (Lipinski definition) is 1. The molecular weight excluding hydrogens is 372 g/mol. The second-order valence-corrected chi connectivity index (χ2v) is 9.41. The van der Waals surface area contributed by atoms with Crippen LogP contribution < -0.4 is 4.90 Å². The summed E-state index contributed by atoms with van der Waals surface area (Å²) in [4.78, 5) is 5.32. The van der Waals surface area contributed by atoms with Gasteiger partial charge in [0.25, 0.3) is 0 Å². The van der Waals surface area contributed by atoms with Crippen molar-refractivity contribution in [2.45, 2.75) is 0 Å². The minimum absolute atomic E-state index is 0.229. The van der Waals surface area contributed by atoms with E-state index in [2.05, 4.69) is 51.4 Å². The lowest BCUT2D eigenvalue weighted by Crippen LogP contribution is -2.40. The van der Waals surface area contributed by atoms with Crippen LogP contribution in [0, 0.1) is 0 Å². The number of sulfone groups is 1. The molecule has 0 radical (unpaired) electrons. The Kier molecular flexibility index (Phi) is 3.98. The lowest BCUT2D eigenvalue weighted by atomic mass is 10.1. The molecule has 3 heterocycles. The zero-order valence-corrected chi connectivity index (χ0v) is 16.1. The Morgan fingerprint density at radius 3 is 2.43 bits per heavy atom. The van der Waals surface area contributed by atoms with Crippen LogP contribution in [0.3, 0.4) is 0 Å². The van der Waals surface area contributed by atoms with E-state index < -0.39 is 9.84 Å². The average Bonchev–Trinajstić information content (AvgIpc) is 3.37. The molecule has 7 heteroatoms. The van der Waals surface area contributed by atoms with E-state index in [-0.39, 0.29) is 11.5 Å². The van der Waals surface area contributed by atoms with Gasteiger partial charge in [0.15, 0.2) is 9.84 Å². The normalized spacial score (nSPS) is 16.5. The number of rotatable bonds is 3. The number of aromatic amines is 1. The molecule has 0 atom stereocenters. The van der Waals surface area contributed by atoms with Crippen molar-refractivity contribution in [3.8, 4) is 16.8 Å². The van der Waals surface area contributed by atoms with Crippen molar-refractivity contribution < 1.29 is 8.42 Å². The summed E-state index contributed by atoms with van der Waals surface area (Å²) in [5.74, 6) is 0.458. The first-order chi connectivity index (χ1) is 13.6. The highest BCUT2D eigenvalue weighted by Gasteiger charge is 2.21. The Morgan fingerprint density at radius 1 is 0.893 bits per heavy atom. The highest BCUT2D eigenvalue weighted by atomic mass is 32.2. The molecule has 4 aromatic rings. The van der Waals surface area contributed by atoms with Crippen molar-refractivity contribution in [3.63, 3.8) is 0 Å². The predicted octanol–water partition coefficient (Wildman–Crippen LogP) is 3.26. The van der Waals surface area contributed by atoms with Gasteiger partial charge >= 0.3 is 0 Å². The van der Waals surface area contributed by atoms with Crippen molar-refractivity contribution in [1.82, 2.24) is 14.8 Å². The van der Waals surface area contributed by atoms with E-state index in [9.17, 15) is 8.42 Å². The van der Waals surface area contributed by atoms with Gasteiger partial charge in [-0.05, 0) is 42.0 Å². The molecular formula is C21H20N4O2S. The van der Waals surface area contributed by atoms with Gasteiger partial charge < -0.3 is 9.88 Å². The molecule has 142 valence electrons. The second kappa shape index (κ2) is 6.53. The van der Waals surface area contributed by atoms with Gasteiger partial charge in [-0.25, -0.2) is 13.1 Å². The fourth-order valence-electron chi connectivity index (χ4n) is 3.63. The molecule has 0 aliphatic carbocycles. The average molecular weight is 392 g/mol. The standard InChI is InChI=1S/C21H20N4O2S/c26-28(27)11-9-24(10-12-28)19-3-1-16(2-4-19)18-14-23-25(15-18)20-5-6-21-17(13-20)7-8-22-21/h1-8,13-15,22H,9-12H2. The van der Waals surface area contributed by atoms with E-state index in [1.54, 1.807) is 0 Å². The Morgan fingerprint density at radius 2 is 1.64 bits per heavy atom. The number of nitrogens with one attached hydrogen (secondary N) is 1. The quantitative estimate of drug-likeness (QED) is 0.581. The summed E-state index contributed by atoms with van der Waals surface area (Å²) >= 11 is 0. The van der Waals surface area contributed by atoms with E-state index in [0.29, 0.717) is 13.1 Å². The SMILES string of the molecule is O=S1(=O)CCN(c2ccc(-c3cnn(-c4ccc5[nH]ccc5c4)c3)cc2)CC1. The summed E-state index contributed by atoms with van der Waals surface area (Å²) in [6.07, 6.45) is 5.82. The zero-order chi connectivity index (χ0) is 19.1. The molecule has 0 spiro atoms. The van der Waals surface area contributed by atoms with Crippen LogP contribution in [0.4, 0.5) is 5.69 Å². The monoisotopic (exact) mass is 392 g/mol. The van der Waals surface area contributed by atoms with Gasteiger partial charge in [0.05, 0.1) is 23.4 Å². The molecule has 28 heavy (non-hydrogen) atoms. The molecule has 1 saturated heterocycles. The first-order valence-electron chi connectivity index (χ1n) is 9.25. The minimum Gasteiger partial charge on any atom is -0.369 e. The number of anilines is 1. The number of aromatic nitrogens is 3. The Balaban J connectivity index is 1.37. The minimum atomic E-state index is -2.86. The van der Waals surface area contributed by atoms with Crippen molar-refractivity contribution in [1.29, 1.82) is 0 Å². The topological polar surface area (TPSA) is 71.0 Å². The number of hydrogen-bond acceptors (Lipinski definition) is 4. The predicted molar refractivity (Wildman–Crippen MR) is 112 cm³/mol. The maximum Gasteiger partial charge on any atom is 0.153 e. The lowest BCUT2D eigenvalue weighted by Gasteiger charge is -2.28. The summed E-state index contributed by atoms with van der Waals surface area (Å²) in [6, 6.07) is 16.5. The summed E-state index contributed by atoms with van der Waals surface area (Å²) < 4.78 is 25.1. The fourth-order valence-corrected chi connectivity index (χ4v) is 4.83. The van der Waals surface area contributed by atoms with E-state index >= 15 is 0 Å². The van der Waals surface area contributed by atoms with Gasteiger partial charge in [-0.3, -0.25) is 0 Å². The van der Waals surface area contributed by atoms with Gasteiger partial charge in [0.2, 0.25) is 0 Å². The second-order valence-electron chi connectivity index (χ2n) is 7.11. The molecule has 5 rings (SSSR count). The highest BCUT2D eigenvalue weighted by Crippen LogP contribution is 2.25. The third-order valence-electron chi connectivity index (χ3n) is 5.29. The van der Waals surface area contributed by atoms with E-state index in [1.165, 1.54) is 0 Å². The molecule has 1 N–H and O–H groups in total. The Hall–Kier alpha value is -3.06. The number of H-pyrrole nitrogens is 1. The van der Waals surface area contributed by atoms with Crippen LogP contribution in [-0.4, -0.2) is 47.8 Å². The molecule has 0 unspecified atom stereocenters. The number of benzene rings is 2. The van der Waals surface area contributed by atoms with Gasteiger partial charge in [0, 0.05) is 47.6 Å². The van der Waals surface area contributed by atoms with Crippen LogP contribution in [-0.2, 0) is 9.84 Å². The van der Waals surface area contributed by atoms with Crippen molar-refractivity contribution in [2.24, 2.45) is 0 Å². The van der Waals surface area contributed by atoms with Crippen molar-refractivity contribution >= 4 is 26.4 Å². The van der Waals surface area contributed by atoms with E-state index in [1.807, 2.05) is 35.4 Å². The molecule has 6 nitrogen and oxygen atoms in total. The third kappa shape index (κ3) is 3.18. The lowest BCUT2D eigenvalue weighted by molar-refractivity contribution is 0.587. The van der Waals surface area contributed by atoms with Gasteiger partial charge in [-0.2, -0.15) is 5.10 Å². The summed E-state index contributed by atoms with van der Waals surface area (Å²) in [6.45, 7) is 1.11. The van der Waals surface area contributed by atoms with Crippen LogP contribution in [0.5, 0.6) is 0 Å². The van der Waals surface area contributed by atoms with Gasteiger partial charge in [-0.1, -0.05) is 12.1 Å². The molecule has 2 aromatic heterocycles. The summed E-state index contributed by atoms with van der Waals surface area (Å²) in [5, 5.41) is 5.67. The molecule has 1 fully saturated rings. The largest absolute Gasteiger partial charge is 0.369 e. The molecule has 0 bridgehead atoms. The van der Waals surface area contributed by atoms with Crippen LogP contribution in [0.2, 0.25) is 0 Å². The highest BCUT2D eigenvalue weighted by molar-refractivity contribution is 7.91. The Labute approximate surface area is 163 Å². The number of fused-ring (bicyclic) bond motifs is 1. The van der Waals surface area contributed by atoms with Crippen molar-refractivity contribution in [2.75, 3.05) is 29.5 Å². The molecule has 1 aliphatic heterocycles. The van der Waals surface area contributed by atoms with Crippen LogP contribution in [0.25, 0.3) is 27.7 Å².